The van der Waals surface area contributed by atoms with Crippen molar-refractivity contribution in [3.8, 4) is 17.2 Å². The van der Waals surface area contributed by atoms with Crippen LogP contribution in [0, 0.1) is 11.6 Å². The van der Waals surface area contributed by atoms with Gasteiger partial charge in [-0.2, -0.15) is 0 Å². The molecule has 3 aromatic rings. The second-order valence-corrected chi connectivity index (χ2v) is 6.56. The smallest absolute Gasteiger partial charge is 0.234 e. The minimum absolute atomic E-state index is 0.0846. The number of aromatic nitrogens is 1. The van der Waals surface area contributed by atoms with Crippen LogP contribution >= 0.6 is 11.8 Å². The normalized spacial score (nSPS) is 10.6. The summed E-state index contributed by atoms with van der Waals surface area (Å²) in [6, 6.07) is 10.2. The van der Waals surface area contributed by atoms with Gasteiger partial charge in [-0.05, 0) is 36.4 Å². The number of oxazole rings is 1. The summed E-state index contributed by atoms with van der Waals surface area (Å²) >= 11 is 1.31. The van der Waals surface area contributed by atoms with Crippen molar-refractivity contribution >= 4 is 23.4 Å². The highest BCUT2D eigenvalue weighted by atomic mass is 32.2. The van der Waals surface area contributed by atoms with Crippen LogP contribution in [0.1, 0.15) is 5.69 Å². The van der Waals surface area contributed by atoms with Crippen LogP contribution in [0.25, 0.3) is 11.5 Å². The maximum absolute atomic E-state index is 13.1. The van der Waals surface area contributed by atoms with Gasteiger partial charge >= 0.3 is 0 Å². The van der Waals surface area contributed by atoms with Gasteiger partial charge in [0.15, 0.2) is 0 Å². The molecule has 0 bridgehead atoms. The van der Waals surface area contributed by atoms with Gasteiger partial charge < -0.3 is 14.5 Å². The second-order valence-electron chi connectivity index (χ2n) is 5.57. The van der Waals surface area contributed by atoms with Crippen LogP contribution in [-0.2, 0) is 10.5 Å². The Hall–Kier alpha value is -2.87. The fourth-order valence-electron chi connectivity index (χ4n) is 2.31. The topological polar surface area (TPSA) is 64.4 Å². The zero-order valence-electron chi connectivity index (χ0n) is 14.4. The van der Waals surface area contributed by atoms with Crippen molar-refractivity contribution in [3.63, 3.8) is 0 Å². The van der Waals surface area contributed by atoms with Gasteiger partial charge in [0, 0.05) is 23.1 Å². The first kappa shape index (κ1) is 18.9. The zero-order chi connectivity index (χ0) is 19.2. The number of carbonyl (C=O) groups excluding carboxylic acids is 1. The molecule has 3 rings (SSSR count). The standard InChI is InChI=1S/C19H16F2N2O3S/c1-25-17-4-2-12(3-5-17)19-23-16(9-26-19)10-27-11-18(24)22-15-7-13(20)6-14(21)8-15/h2-9H,10-11H2,1H3,(H,22,24). The Morgan fingerprint density at radius 2 is 1.89 bits per heavy atom. The molecule has 140 valence electrons. The third-order valence-electron chi connectivity index (χ3n) is 3.52. The van der Waals surface area contributed by atoms with Gasteiger partial charge in [0.2, 0.25) is 11.8 Å². The lowest BCUT2D eigenvalue weighted by molar-refractivity contribution is -0.113. The predicted molar refractivity (Wildman–Crippen MR) is 99.6 cm³/mol. The molecule has 8 heteroatoms. The average Bonchev–Trinajstić information content (AvgIpc) is 3.10. The van der Waals surface area contributed by atoms with Crippen LogP contribution in [0.3, 0.4) is 0 Å². The van der Waals surface area contributed by atoms with Gasteiger partial charge in [0.25, 0.3) is 0 Å². The first-order valence-electron chi connectivity index (χ1n) is 7.96. The molecule has 0 aliphatic heterocycles. The minimum Gasteiger partial charge on any atom is -0.497 e. The highest BCUT2D eigenvalue weighted by Gasteiger charge is 2.09. The van der Waals surface area contributed by atoms with Crippen molar-refractivity contribution in [3.05, 3.63) is 66.1 Å². The van der Waals surface area contributed by atoms with Gasteiger partial charge in [-0.3, -0.25) is 4.79 Å². The molecule has 0 atom stereocenters. The maximum Gasteiger partial charge on any atom is 0.234 e. The number of hydrogen-bond donors (Lipinski definition) is 1. The molecule has 2 aromatic carbocycles. The lowest BCUT2D eigenvalue weighted by atomic mass is 10.2. The summed E-state index contributed by atoms with van der Waals surface area (Å²) in [7, 11) is 1.59. The van der Waals surface area contributed by atoms with Gasteiger partial charge in [-0.15, -0.1) is 11.8 Å². The molecule has 27 heavy (non-hydrogen) atoms. The summed E-state index contributed by atoms with van der Waals surface area (Å²) < 4.78 is 36.8. The van der Waals surface area contributed by atoms with Crippen LogP contribution in [0.5, 0.6) is 5.75 Å². The van der Waals surface area contributed by atoms with Crippen LogP contribution in [0.4, 0.5) is 14.5 Å². The Morgan fingerprint density at radius 3 is 2.56 bits per heavy atom. The molecule has 0 radical (unpaired) electrons. The third-order valence-corrected chi connectivity index (χ3v) is 4.48. The number of benzene rings is 2. The first-order valence-corrected chi connectivity index (χ1v) is 9.11. The number of nitrogens with one attached hydrogen (secondary N) is 1. The molecule has 0 aliphatic rings. The molecule has 0 spiro atoms. The Kier molecular flexibility index (Phi) is 6.08. The highest BCUT2D eigenvalue weighted by Crippen LogP contribution is 2.23. The molecule has 0 fully saturated rings. The van der Waals surface area contributed by atoms with E-state index in [1.165, 1.54) is 18.0 Å². The van der Waals surface area contributed by atoms with E-state index in [4.69, 9.17) is 9.15 Å². The molecule has 5 nitrogen and oxygen atoms in total. The number of carbonyl (C=O) groups is 1. The Morgan fingerprint density at radius 1 is 1.19 bits per heavy atom. The summed E-state index contributed by atoms with van der Waals surface area (Å²) in [5.74, 6) is -0.0479. The molecule has 0 saturated heterocycles. The third kappa shape index (κ3) is 5.30. The number of hydrogen-bond acceptors (Lipinski definition) is 5. The zero-order valence-corrected chi connectivity index (χ0v) is 15.2. The van der Waals surface area contributed by atoms with E-state index in [1.807, 2.05) is 24.3 Å². The van der Waals surface area contributed by atoms with E-state index in [0.29, 0.717) is 17.3 Å². The average molecular weight is 390 g/mol. The van der Waals surface area contributed by atoms with Crippen LogP contribution in [-0.4, -0.2) is 23.8 Å². The number of amides is 1. The molecule has 1 aromatic heterocycles. The van der Waals surface area contributed by atoms with Crippen molar-refractivity contribution < 1.29 is 22.7 Å². The van der Waals surface area contributed by atoms with Crippen molar-refractivity contribution in [1.82, 2.24) is 4.98 Å². The molecule has 1 amide bonds. The Bertz CT molecular complexity index is 909. The van der Waals surface area contributed by atoms with Crippen molar-refractivity contribution in [2.24, 2.45) is 0 Å². The maximum atomic E-state index is 13.1. The lowest BCUT2D eigenvalue weighted by Crippen LogP contribution is -2.14. The number of thioether (sulfide) groups is 1. The predicted octanol–water partition coefficient (Wildman–Crippen LogP) is 4.50. The number of nitrogens with zero attached hydrogens (tertiary/aromatic N) is 1. The van der Waals surface area contributed by atoms with Crippen molar-refractivity contribution in [2.75, 3.05) is 18.2 Å². The summed E-state index contributed by atoms with van der Waals surface area (Å²) in [6.45, 7) is 0. The van der Waals surface area contributed by atoms with Gasteiger partial charge in [-0.1, -0.05) is 0 Å². The quantitative estimate of drug-likeness (QED) is 0.644. The van der Waals surface area contributed by atoms with E-state index in [2.05, 4.69) is 10.3 Å². The summed E-state index contributed by atoms with van der Waals surface area (Å²) in [5, 5.41) is 2.46. The monoisotopic (exact) mass is 390 g/mol. The van der Waals surface area contributed by atoms with Gasteiger partial charge in [0.1, 0.15) is 23.6 Å². The van der Waals surface area contributed by atoms with Gasteiger partial charge in [-0.25, -0.2) is 13.8 Å². The number of ether oxygens (including phenoxy) is 1. The van der Waals surface area contributed by atoms with E-state index >= 15 is 0 Å². The van der Waals surface area contributed by atoms with Crippen molar-refractivity contribution in [1.29, 1.82) is 0 Å². The summed E-state index contributed by atoms with van der Waals surface area (Å²) in [4.78, 5) is 16.3. The van der Waals surface area contributed by atoms with Crippen molar-refractivity contribution in [2.45, 2.75) is 5.75 Å². The molecule has 0 aliphatic carbocycles. The lowest BCUT2D eigenvalue weighted by Gasteiger charge is -2.05. The molecular weight excluding hydrogens is 374 g/mol. The van der Waals surface area contributed by atoms with Crippen LogP contribution < -0.4 is 10.1 Å². The minimum atomic E-state index is -0.744. The fraction of sp³-hybridized carbons (Fsp3) is 0.158. The summed E-state index contributed by atoms with van der Waals surface area (Å²) in [5.41, 5.74) is 1.59. The molecule has 0 unspecified atom stereocenters. The molecular formula is C19H16F2N2O3S. The van der Waals surface area contributed by atoms with E-state index in [-0.39, 0.29) is 17.3 Å². The Balaban J connectivity index is 1.50. The van der Waals surface area contributed by atoms with E-state index in [0.717, 1.165) is 29.5 Å². The largest absolute Gasteiger partial charge is 0.497 e. The van der Waals surface area contributed by atoms with E-state index in [1.54, 1.807) is 7.11 Å². The van der Waals surface area contributed by atoms with E-state index in [9.17, 15) is 13.6 Å². The second kappa shape index (κ2) is 8.68. The Labute approximate surface area is 158 Å². The number of rotatable bonds is 7. The highest BCUT2D eigenvalue weighted by molar-refractivity contribution is 7.99. The number of halogens is 2. The fourth-order valence-corrected chi connectivity index (χ4v) is 3.01. The number of methoxy groups -OCH3 is 1. The summed E-state index contributed by atoms with van der Waals surface area (Å²) in [6.07, 6.45) is 1.53. The molecule has 0 saturated carbocycles. The van der Waals surface area contributed by atoms with E-state index < -0.39 is 11.6 Å². The van der Waals surface area contributed by atoms with Crippen LogP contribution in [0.15, 0.2) is 53.1 Å². The van der Waals surface area contributed by atoms with Crippen LogP contribution in [0.2, 0.25) is 0 Å². The first-order chi connectivity index (χ1) is 13.0. The van der Waals surface area contributed by atoms with Gasteiger partial charge in [0.05, 0.1) is 18.6 Å². The molecule has 1 heterocycles. The molecule has 1 N–H and O–H groups in total. The number of anilines is 1. The SMILES string of the molecule is COc1ccc(-c2nc(CSCC(=O)Nc3cc(F)cc(F)c3)co2)cc1.